The van der Waals surface area contributed by atoms with Gasteiger partial charge in [0, 0.05) is 12.1 Å². The molecule has 0 bridgehead atoms. The van der Waals surface area contributed by atoms with Gasteiger partial charge in [0.1, 0.15) is 13.2 Å². The molecule has 1 aliphatic heterocycles. The summed E-state index contributed by atoms with van der Waals surface area (Å²) < 4.78 is 42.3. The summed E-state index contributed by atoms with van der Waals surface area (Å²) >= 11 is 0. The van der Waals surface area contributed by atoms with E-state index in [2.05, 4.69) is 10.0 Å². The number of carbonyl (C=O) groups is 1. The largest absolute Gasteiger partial charge is 0.485 e. The molecule has 0 aliphatic carbocycles. The van der Waals surface area contributed by atoms with Crippen LogP contribution in [-0.2, 0) is 29.9 Å². The van der Waals surface area contributed by atoms with Crippen LogP contribution < -0.4 is 23.7 Å². The van der Waals surface area contributed by atoms with Gasteiger partial charge in [-0.2, -0.15) is 8.42 Å². The van der Waals surface area contributed by atoms with Crippen LogP contribution in [0, 0.1) is 0 Å². The van der Waals surface area contributed by atoms with E-state index < -0.39 is 10.3 Å². The maximum atomic E-state index is 12.6. The Labute approximate surface area is 221 Å². The first-order valence-electron chi connectivity index (χ1n) is 12.1. The van der Waals surface area contributed by atoms with Crippen LogP contribution in [-0.4, -0.2) is 20.9 Å². The molecular weight excluding hydrogens is 504 g/mol. The van der Waals surface area contributed by atoms with Crippen molar-refractivity contribution < 1.29 is 26.9 Å². The molecule has 9 heteroatoms. The molecule has 1 aliphatic rings. The molecule has 2 N–H and O–H groups in total. The zero-order chi connectivity index (χ0) is 26.4. The van der Waals surface area contributed by atoms with Crippen LogP contribution in [0.5, 0.6) is 17.2 Å². The van der Waals surface area contributed by atoms with Crippen molar-refractivity contribution in [3.63, 3.8) is 0 Å². The van der Waals surface area contributed by atoms with E-state index in [1.807, 2.05) is 78.9 Å². The Hall–Kier alpha value is -4.50. The third kappa shape index (κ3) is 6.43. The number of hydrogen-bond donors (Lipinski definition) is 2. The van der Waals surface area contributed by atoms with Crippen LogP contribution in [0.15, 0.2) is 97.1 Å². The topological polar surface area (TPSA) is 103 Å². The van der Waals surface area contributed by atoms with Crippen molar-refractivity contribution in [1.29, 1.82) is 0 Å². The second kappa shape index (κ2) is 11.3. The van der Waals surface area contributed by atoms with E-state index in [9.17, 15) is 13.2 Å². The van der Waals surface area contributed by atoms with Crippen molar-refractivity contribution in [3.05, 3.63) is 119 Å². The summed E-state index contributed by atoms with van der Waals surface area (Å²) in [7, 11) is -3.86. The molecule has 0 radical (unpaired) electrons. The fourth-order valence-electron chi connectivity index (χ4n) is 3.93. The minimum atomic E-state index is -3.86. The van der Waals surface area contributed by atoms with Gasteiger partial charge < -0.3 is 19.0 Å². The van der Waals surface area contributed by atoms with Crippen LogP contribution in [0.1, 0.15) is 27.0 Å². The molecule has 0 atom stereocenters. The Morgan fingerprint density at radius 1 is 0.763 bits per heavy atom. The second-order valence-electron chi connectivity index (χ2n) is 8.69. The van der Waals surface area contributed by atoms with Crippen LogP contribution in [0.3, 0.4) is 0 Å². The number of carbonyl (C=O) groups excluding carboxylic acids is 1. The van der Waals surface area contributed by atoms with E-state index in [1.54, 1.807) is 0 Å². The van der Waals surface area contributed by atoms with E-state index in [4.69, 9.17) is 13.7 Å². The number of rotatable bonds is 10. The predicted molar refractivity (Wildman–Crippen MR) is 144 cm³/mol. The average molecular weight is 531 g/mol. The smallest absolute Gasteiger partial charge is 0.407 e. The molecule has 1 amide bonds. The lowest BCUT2D eigenvalue weighted by Gasteiger charge is -2.15. The van der Waals surface area contributed by atoms with Gasteiger partial charge in [0.25, 0.3) is 5.91 Å². The number of benzene rings is 4. The highest BCUT2D eigenvalue weighted by Crippen LogP contribution is 2.33. The monoisotopic (exact) mass is 530 g/mol. The van der Waals surface area contributed by atoms with E-state index in [-0.39, 0.29) is 17.3 Å². The normalized spacial score (nSPS) is 13.1. The lowest BCUT2D eigenvalue weighted by Crippen LogP contribution is -2.25. The Morgan fingerprint density at radius 2 is 1.42 bits per heavy atom. The van der Waals surface area contributed by atoms with E-state index in [0.717, 1.165) is 16.7 Å². The molecule has 8 nitrogen and oxygen atoms in total. The highest BCUT2D eigenvalue weighted by molar-refractivity contribution is 7.88. The van der Waals surface area contributed by atoms with Crippen molar-refractivity contribution in [2.24, 2.45) is 0 Å². The van der Waals surface area contributed by atoms with Crippen molar-refractivity contribution in [2.45, 2.75) is 19.6 Å². The minimum Gasteiger partial charge on any atom is -0.485 e. The van der Waals surface area contributed by atoms with Crippen LogP contribution >= 0.6 is 0 Å². The number of ether oxygens (including phenoxy) is 2. The van der Waals surface area contributed by atoms with Gasteiger partial charge in [0.15, 0.2) is 17.2 Å². The maximum Gasteiger partial charge on any atom is 0.407 e. The molecule has 0 aromatic heterocycles. The SMILES string of the molecule is O=C(NCCc1ccc(OCc2ccccc2)c(OCc2ccccc2)c1)c1ccc2c(c1)NS(=O)(=O)O2. The molecule has 1 heterocycles. The summed E-state index contributed by atoms with van der Waals surface area (Å²) in [6.07, 6.45) is 0.563. The van der Waals surface area contributed by atoms with E-state index in [0.29, 0.717) is 43.2 Å². The number of hydrogen-bond acceptors (Lipinski definition) is 6. The second-order valence-corrected chi connectivity index (χ2v) is 9.97. The maximum absolute atomic E-state index is 12.6. The number of anilines is 1. The van der Waals surface area contributed by atoms with Gasteiger partial charge in [-0.25, -0.2) is 4.72 Å². The van der Waals surface area contributed by atoms with Gasteiger partial charge >= 0.3 is 10.3 Å². The molecular formula is C29H26N2O6S. The Bertz CT molecular complexity index is 1530. The zero-order valence-corrected chi connectivity index (χ0v) is 21.2. The summed E-state index contributed by atoms with van der Waals surface area (Å²) in [6.45, 7) is 1.19. The van der Waals surface area contributed by atoms with Gasteiger partial charge in [-0.3, -0.25) is 4.79 Å². The predicted octanol–water partition coefficient (Wildman–Crippen LogP) is 4.87. The van der Waals surface area contributed by atoms with Crippen molar-refractivity contribution in [1.82, 2.24) is 5.32 Å². The highest BCUT2D eigenvalue weighted by atomic mass is 32.2. The number of amides is 1. The highest BCUT2D eigenvalue weighted by Gasteiger charge is 2.26. The fraction of sp³-hybridized carbons (Fsp3) is 0.138. The van der Waals surface area contributed by atoms with Crippen molar-refractivity contribution >= 4 is 21.9 Å². The molecule has 0 saturated heterocycles. The van der Waals surface area contributed by atoms with Crippen molar-refractivity contribution in [3.8, 4) is 17.2 Å². The molecule has 0 spiro atoms. The summed E-state index contributed by atoms with van der Waals surface area (Å²) in [5.41, 5.74) is 3.63. The summed E-state index contributed by atoms with van der Waals surface area (Å²) in [6, 6.07) is 30.0. The van der Waals surface area contributed by atoms with Gasteiger partial charge in [0.05, 0.1) is 5.69 Å². The quantitative estimate of drug-likeness (QED) is 0.303. The van der Waals surface area contributed by atoms with Gasteiger partial charge in [-0.05, 0) is 53.4 Å². The van der Waals surface area contributed by atoms with Gasteiger partial charge in [-0.15, -0.1) is 0 Å². The van der Waals surface area contributed by atoms with E-state index in [1.165, 1.54) is 18.2 Å². The average Bonchev–Trinajstić information content (AvgIpc) is 3.25. The van der Waals surface area contributed by atoms with Gasteiger partial charge in [0.2, 0.25) is 0 Å². The van der Waals surface area contributed by atoms with Crippen LogP contribution in [0.4, 0.5) is 5.69 Å². The third-order valence-corrected chi connectivity index (χ3v) is 6.73. The molecule has 38 heavy (non-hydrogen) atoms. The first-order chi connectivity index (χ1) is 18.4. The molecule has 0 fully saturated rings. The van der Waals surface area contributed by atoms with Gasteiger partial charge in [-0.1, -0.05) is 66.7 Å². The van der Waals surface area contributed by atoms with E-state index >= 15 is 0 Å². The minimum absolute atomic E-state index is 0.166. The molecule has 0 unspecified atom stereocenters. The molecule has 0 saturated carbocycles. The Morgan fingerprint density at radius 3 is 2.11 bits per heavy atom. The summed E-state index contributed by atoms with van der Waals surface area (Å²) in [4.78, 5) is 12.6. The standard InChI is InChI=1S/C29H26N2O6S/c32-29(24-12-14-26-25(18-24)31-38(33,34)37-26)30-16-15-21-11-13-27(35-19-22-7-3-1-4-8-22)28(17-21)36-20-23-9-5-2-6-10-23/h1-14,17-18,31H,15-16,19-20H2,(H,30,32). The van der Waals surface area contributed by atoms with Crippen LogP contribution in [0.25, 0.3) is 0 Å². The first-order valence-corrected chi connectivity index (χ1v) is 13.5. The molecule has 194 valence electrons. The lowest BCUT2D eigenvalue weighted by molar-refractivity contribution is 0.0954. The summed E-state index contributed by atoms with van der Waals surface area (Å²) in [5, 5.41) is 2.87. The summed E-state index contributed by atoms with van der Waals surface area (Å²) in [5.74, 6) is 1.11. The fourth-order valence-corrected chi connectivity index (χ4v) is 4.78. The Balaban J connectivity index is 1.23. The van der Waals surface area contributed by atoms with Crippen molar-refractivity contribution in [2.75, 3.05) is 11.3 Å². The zero-order valence-electron chi connectivity index (χ0n) is 20.4. The number of nitrogens with one attached hydrogen (secondary N) is 2. The number of fused-ring (bicyclic) bond motifs is 1. The Kier molecular flexibility index (Phi) is 7.46. The van der Waals surface area contributed by atoms with Crippen LogP contribution in [0.2, 0.25) is 0 Å². The first kappa shape index (κ1) is 25.2. The third-order valence-electron chi connectivity index (χ3n) is 5.86. The molecule has 4 aromatic rings. The lowest BCUT2D eigenvalue weighted by atomic mass is 10.1. The molecule has 5 rings (SSSR count). The molecule has 4 aromatic carbocycles.